The molecule has 0 fully saturated rings. The minimum atomic E-state index is -3.81. The first-order valence-corrected chi connectivity index (χ1v) is 17.6. The molecule has 0 aromatic carbocycles. The van der Waals surface area contributed by atoms with Gasteiger partial charge in [-0.25, -0.2) is 0 Å². The molecule has 0 saturated carbocycles. The van der Waals surface area contributed by atoms with Gasteiger partial charge in [0.1, 0.15) is 0 Å². The number of unbranched alkanes of at least 4 members (excludes halogenated alkanes) is 2. The van der Waals surface area contributed by atoms with E-state index in [9.17, 15) is 0 Å². The Kier molecular flexibility index (Phi) is 26.0. The molecule has 2 atom stereocenters. The molecule has 0 aliphatic rings. The van der Waals surface area contributed by atoms with E-state index in [1.807, 2.05) is 0 Å². The van der Waals surface area contributed by atoms with E-state index in [2.05, 4.69) is 51.3 Å². The monoisotopic (exact) mass is 552 g/mol. The molecule has 0 heterocycles. The second-order valence-corrected chi connectivity index (χ2v) is 14.0. The molecule has 0 amide bonds. The van der Waals surface area contributed by atoms with Crippen LogP contribution in [0.15, 0.2) is 0 Å². The van der Waals surface area contributed by atoms with Crippen molar-refractivity contribution >= 4 is 37.1 Å². The molecule has 0 aliphatic carbocycles. The molecule has 0 radical (unpaired) electrons. The summed E-state index contributed by atoms with van der Waals surface area (Å²) in [5, 5.41) is 0. The normalized spacial score (nSPS) is 13.7. The second kappa shape index (κ2) is 21.0. The Morgan fingerprint density at radius 2 is 0.926 bits per heavy atom. The van der Waals surface area contributed by atoms with Crippen molar-refractivity contribution in [2.45, 2.75) is 88.7 Å². The fraction of sp³-hybridized carbons (Fsp3) is 1.00. The van der Waals surface area contributed by atoms with Crippen LogP contribution in [-0.4, -0.2) is 29.4 Å². The van der Waals surface area contributed by atoms with Crippen molar-refractivity contribution in [1.82, 2.24) is 0 Å². The summed E-state index contributed by atoms with van der Waals surface area (Å²) in [6, 6.07) is 0. The first-order chi connectivity index (χ1) is 12.3. The molecular formula is C16H40MoO6P2S2. The van der Waals surface area contributed by atoms with E-state index < -0.39 is 13.4 Å². The maximum absolute atomic E-state index is 7.56. The van der Waals surface area contributed by atoms with Crippen molar-refractivity contribution in [1.29, 1.82) is 0 Å². The molecule has 6 nitrogen and oxygen atoms in total. The van der Waals surface area contributed by atoms with E-state index in [0.29, 0.717) is 18.6 Å². The Morgan fingerprint density at radius 1 is 0.667 bits per heavy atom. The maximum atomic E-state index is 7.56. The summed E-state index contributed by atoms with van der Waals surface area (Å²) in [7, 11) is 0. The first-order valence-electron chi connectivity index (χ1n) is 9.42. The van der Waals surface area contributed by atoms with Gasteiger partial charge in [-0.15, -0.1) is 0 Å². The van der Waals surface area contributed by atoms with Gasteiger partial charge >= 0.3 is 133 Å². The topological polar surface area (TPSA) is 121 Å². The van der Waals surface area contributed by atoms with Gasteiger partial charge in [-0.3, -0.25) is 0 Å². The van der Waals surface area contributed by atoms with Gasteiger partial charge in [0.2, 0.25) is 0 Å². The Bertz CT molecular complexity index is 354. The van der Waals surface area contributed by atoms with Crippen LogP contribution in [0, 0.1) is 11.8 Å². The van der Waals surface area contributed by atoms with Crippen molar-refractivity contribution in [3.8, 4) is 0 Å². The van der Waals surface area contributed by atoms with Crippen molar-refractivity contribution in [2.24, 2.45) is 11.8 Å². The molecule has 0 rings (SSSR count). The SMILES string of the molecule is CCCCC(CC)[CH2][Mo][CH2]C(CC)CCCC.OP(O)(O)=S.OP(O)(O)=S. The zero-order valence-corrected chi connectivity index (χ0v) is 22.5. The van der Waals surface area contributed by atoms with Crippen LogP contribution in [0.1, 0.15) is 79.1 Å². The molecule has 0 saturated heterocycles. The Morgan fingerprint density at radius 3 is 1.11 bits per heavy atom. The van der Waals surface area contributed by atoms with E-state index in [4.69, 9.17) is 29.4 Å². The van der Waals surface area contributed by atoms with Crippen LogP contribution in [-0.2, 0) is 42.2 Å². The van der Waals surface area contributed by atoms with Crippen LogP contribution < -0.4 is 0 Å². The zero-order chi connectivity index (χ0) is 21.9. The van der Waals surface area contributed by atoms with E-state index in [1.54, 1.807) is 9.62 Å². The van der Waals surface area contributed by atoms with Gasteiger partial charge in [-0.1, -0.05) is 0 Å². The third-order valence-electron chi connectivity index (χ3n) is 3.79. The number of hydrogen-bond donors (Lipinski definition) is 6. The summed E-state index contributed by atoms with van der Waals surface area (Å²) in [5.41, 5.74) is 0. The van der Waals surface area contributed by atoms with Crippen LogP contribution >= 0.6 is 13.4 Å². The molecule has 0 aromatic heterocycles. The number of hydrogen-bond acceptors (Lipinski definition) is 2. The van der Waals surface area contributed by atoms with Crippen molar-refractivity contribution in [3.63, 3.8) is 0 Å². The molecule has 6 N–H and O–H groups in total. The van der Waals surface area contributed by atoms with Gasteiger partial charge in [-0.2, -0.15) is 0 Å². The quantitative estimate of drug-likeness (QED) is 0.153. The van der Waals surface area contributed by atoms with Gasteiger partial charge in [-0.05, 0) is 23.6 Å². The van der Waals surface area contributed by atoms with Gasteiger partial charge in [0.25, 0.3) is 0 Å². The molecular weight excluding hydrogens is 510 g/mol. The smallest absolute Gasteiger partial charge is 0.319 e. The summed E-state index contributed by atoms with van der Waals surface area (Å²) in [6.07, 6.45) is 11.5. The summed E-state index contributed by atoms with van der Waals surface area (Å²) < 4.78 is 0. The molecule has 0 spiro atoms. The van der Waals surface area contributed by atoms with Crippen LogP contribution in [0.4, 0.5) is 0 Å². The molecule has 168 valence electrons. The molecule has 0 aromatic rings. The molecule has 0 aliphatic heterocycles. The van der Waals surface area contributed by atoms with E-state index in [-0.39, 0.29) is 0 Å². The van der Waals surface area contributed by atoms with Crippen molar-refractivity contribution in [3.05, 3.63) is 0 Å². The summed E-state index contributed by atoms with van der Waals surface area (Å²) >= 11 is 7.53. The Hall–Kier alpha value is 1.75. The third-order valence-corrected chi connectivity index (χ3v) is 7.27. The summed E-state index contributed by atoms with van der Waals surface area (Å²) in [5.74, 6) is 2.14. The van der Waals surface area contributed by atoms with Gasteiger partial charge in [0.05, 0.1) is 0 Å². The summed E-state index contributed by atoms with van der Waals surface area (Å²) in [6.45, 7) is 1.81. The Labute approximate surface area is 184 Å². The predicted octanol–water partition coefficient (Wildman–Crippen LogP) is 4.71. The maximum Gasteiger partial charge on any atom is 0.319 e. The fourth-order valence-corrected chi connectivity index (χ4v) is 6.15. The van der Waals surface area contributed by atoms with Crippen LogP contribution in [0.3, 0.4) is 0 Å². The van der Waals surface area contributed by atoms with Crippen molar-refractivity contribution in [2.75, 3.05) is 0 Å². The molecule has 0 bridgehead atoms. The number of rotatable bonds is 12. The zero-order valence-electron chi connectivity index (χ0n) is 17.0. The molecule has 2 unspecified atom stereocenters. The standard InChI is InChI=1S/2C8H17.Mo.2H3O3PS/c2*1-4-6-7-8(3)5-2;;2*1-4(2,3)5/h2*8H,3-7H2,1-2H3;;2*(H3,1,2,3,5). The van der Waals surface area contributed by atoms with E-state index >= 15 is 0 Å². The summed E-state index contributed by atoms with van der Waals surface area (Å²) in [4.78, 5) is 48.6. The average Bonchev–Trinajstić information content (AvgIpc) is 2.50. The van der Waals surface area contributed by atoms with Gasteiger partial charge < -0.3 is 29.4 Å². The second-order valence-electron chi connectivity index (χ2n) is 6.40. The van der Waals surface area contributed by atoms with E-state index in [0.717, 1.165) is 11.8 Å². The van der Waals surface area contributed by atoms with Gasteiger partial charge in [0.15, 0.2) is 0 Å². The first kappa shape index (κ1) is 33.4. The minimum absolute atomic E-state index is 0.318. The average molecular weight is 551 g/mol. The minimum Gasteiger partial charge on any atom is -0.325 e. The van der Waals surface area contributed by atoms with Crippen LogP contribution in [0.25, 0.3) is 0 Å². The molecule has 27 heavy (non-hydrogen) atoms. The molecule has 11 heteroatoms. The van der Waals surface area contributed by atoms with Gasteiger partial charge in [0, 0.05) is 0 Å². The third kappa shape index (κ3) is 47.2. The van der Waals surface area contributed by atoms with Crippen LogP contribution in [0.2, 0.25) is 9.62 Å². The predicted molar refractivity (Wildman–Crippen MR) is 118 cm³/mol. The van der Waals surface area contributed by atoms with Crippen LogP contribution in [0.5, 0.6) is 0 Å². The largest absolute Gasteiger partial charge is 0.325 e. The fourth-order valence-electron chi connectivity index (χ4n) is 2.20. The van der Waals surface area contributed by atoms with Crippen molar-refractivity contribution < 1.29 is 47.9 Å². The Balaban J connectivity index is -0.000000471. The van der Waals surface area contributed by atoms with E-state index in [1.165, 1.54) is 51.4 Å².